The Morgan fingerprint density at radius 1 is 0.848 bits per heavy atom. The van der Waals surface area contributed by atoms with Crippen molar-refractivity contribution in [1.29, 1.82) is 0 Å². The number of rotatable bonds is 5. The predicted octanol–water partition coefficient (Wildman–Crippen LogP) is 5.46. The van der Waals surface area contributed by atoms with Crippen LogP contribution in [0.25, 0.3) is 33.1 Å². The highest BCUT2D eigenvalue weighted by Gasteiger charge is 2.16. The second-order valence-corrected chi connectivity index (χ2v) is 7.74. The molecule has 0 saturated heterocycles. The second kappa shape index (κ2) is 8.31. The number of methoxy groups -OCH3 is 1. The van der Waals surface area contributed by atoms with Crippen molar-refractivity contribution in [2.75, 3.05) is 7.11 Å². The minimum Gasteiger partial charge on any atom is -0.493 e. The van der Waals surface area contributed by atoms with Crippen LogP contribution in [0.5, 0.6) is 11.5 Å². The highest BCUT2D eigenvalue weighted by Crippen LogP contribution is 2.31. The Kier molecular flexibility index (Phi) is 5.18. The van der Waals surface area contributed by atoms with E-state index in [-0.39, 0.29) is 5.56 Å². The van der Waals surface area contributed by atoms with E-state index in [0.29, 0.717) is 45.6 Å². The molecule has 0 aliphatic heterocycles. The van der Waals surface area contributed by atoms with Crippen LogP contribution in [-0.2, 0) is 6.61 Å². The fraction of sp³-hybridized carbons (Fsp3) is 0.111. The third kappa shape index (κ3) is 3.99. The van der Waals surface area contributed by atoms with Crippen molar-refractivity contribution in [3.63, 3.8) is 0 Å². The van der Waals surface area contributed by atoms with Gasteiger partial charge in [-0.15, -0.1) is 0 Å². The smallest absolute Gasteiger partial charge is 0.344 e. The van der Waals surface area contributed by atoms with Crippen molar-refractivity contribution in [1.82, 2.24) is 0 Å². The van der Waals surface area contributed by atoms with Crippen LogP contribution in [0.15, 0.2) is 91.2 Å². The zero-order valence-electron chi connectivity index (χ0n) is 18.1. The third-order valence-electron chi connectivity index (χ3n) is 5.48. The van der Waals surface area contributed by atoms with E-state index in [1.807, 2.05) is 37.3 Å². The Morgan fingerprint density at radius 3 is 2.45 bits per heavy atom. The zero-order chi connectivity index (χ0) is 22.9. The average molecular weight is 440 g/mol. The first-order chi connectivity index (χ1) is 16.0. The molecule has 0 aliphatic rings. The van der Waals surface area contributed by atoms with Crippen molar-refractivity contribution < 1.29 is 18.3 Å². The van der Waals surface area contributed by atoms with Gasteiger partial charge in [0.25, 0.3) is 0 Å². The maximum Gasteiger partial charge on any atom is 0.344 e. The lowest BCUT2D eigenvalue weighted by atomic mass is 10.0. The molecule has 3 aromatic carbocycles. The number of para-hydroxylation sites is 1. The van der Waals surface area contributed by atoms with Crippen LogP contribution in [0.2, 0.25) is 0 Å². The van der Waals surface area contributed by atoms with Crippen LogP contribution in [0.3, 0.4) is 0 Å². The van der Waals surface area contributed by atoms with Gasteiger partial charge in [-0.05, 0) is 36.8 Å². The van der Waals surface area contributed by atoms with Gasteiger partial charge in [-0.3, -0.25) is 0 Å². The van der Waals surface area contributed by atoms with Crippen LogP contribution in [0.4, 0.5) is 0 Å². The molecule has 0 atom stereocenters. The lowest BCUT2D eigenvalue weighted by molar-refractivity contribution is 0.306. The summed E-state index contributed by atoms with van der Waals surface area (Å²) in [6.45, 7) is 2.41. The van der Waals surface area contributed by atoms with Crippen molar-refractivity contribution in [3.8, 4) is 22.6 Å². The van der Waals surface area contributed by atoms with Crippen molar-refractivity contribution >= 4 is 21.9 Å². The van der Waals surface area contributed by atoms with Crippen molar-refractivity contribution in [2.24, 2.45) is 0 Å². The Labute approximate surface area is 188 Å². The number of hydrogen-bond donors (Lipinski definition) is 0. The number of ether oxygens (including phenoxy) is 2. The van der Waals surface area contributed by atoms with E-state index in [0.717, 1.165) is 5.56 Å². The summed E-state index contributed by atoms with van der Waals surface area (Å²) in [5.74, 6) is 1.02. The molecule has 0 unspecified atom stereocenters. The van der Waals surface area contributed by atoms with E-state index in [9.17, 15) is 9.59 Å². The summed E-state index contributed by atoms with van der Waals surface area (Å²) in [5.41, 5.74) is 2.44. The molecule has 2 aromatic heterocycles. The molecule has 0 radical (unpaired) electrons. The van der Waals surface area contributed by atoms with E-state index >= 15 is 0 Å². The molecule has 5 aromatic rings. The predicted molar refractivity (Wildman–Crippen MR) is 126 cm³/mol. The topological polar surface area (TPSA) is 78.9 Å². The van der Waals surface area contributed by atoms with E-state index in [4.69, 9.17) is 18.3 Å². The summed E-state index contributed by atoms with van der Waals surface area (Å²) in [7, 11) is 1.51. The maximum atomic E-state index is 12.8. The minimum absolute atomic E-state index is 0.266. The first-order valence-corrected chi connectivity index (χ1v) is 10.4. The lowest BCUT2D eigenvalue weighted by Gasteiger charge is -2.10. The van der Waals surface area contributed by atoms with Gasteiger partial charge in [-0.1, -0.05) is 42.0 Å². The molecule has 0 bridgehead atoms. The average Bonchev–Trinajstić information content (AvgIpc) is 2.82. The number of fused-ring (bicyclic) bond motifs is 2. The standard InChI is InChI=1S/C27H20O6/c1-16-6-8-17(9-7-16)15-31-19-10-11-20-21(14-25(28)32-24(20)13-19)22-12-18-4-3-5-23(30-2)26(18)33-27(22)29/h3-14H,15H2,1-2H3. The molecule has 0 fully saturated rings. The van der Waals surface area contributed by atoms with Gasteiger partial charge in [-0.2, -0.15) is 0 Å². The van der Waals surface area contributed by atoms with Crippen LogP contribution in [-0.4, -0.2) is 7.11 Å². The summed E-state index contributed by atoms with van der Waals surface area (Å²) in [4.78, 5) is 25.1. The molecular formula is C27H20O6. The fourth-order valence-electron chi connectivity index (χ4n) is 3.77. The molecular weight excluding hydrogens is 420 g/mol. The zero-order valence-corrected chi connectivity index (χ0v) is 18.1. The summed E-state index contributed by atoms with van der Waals surface area (Å²) < 4.78 is 22.1. The van der Waals surface area contributed by atoms with Crippen LogP contribution < -0.4 is 20.7 Å². The first-order valence-electron chi connectivity index (χ1n) is 10.4. The van der Waals surface area contributed by atoms with Gasteiger partial charge in [0.2, 0.25) is 0 Å². The van der Waals surface area contributed by atoms with Gasteiger partial charge in [0, 0.05) is 28.5 Å². The van der Waals surface area contributed by atoms with E-state index in [1.165, 1.54) is 18.7 Å². The van der Waals surface area contributed by atoms with Gasteiger partial charge < -0.3 is 18.3 Å². The largest absolute Gasteiger partial charge is 0.493 e. The molecule has 5 rings (SSSR count). The second-order valence-electron chi connectivity index (χ2n) is 7.74. The fourth-order valence-corrected chi connectivity index (χ4v) is 3.77. The molecule has 164 valence electrons. The molecule has 6 nitrogen and oxygen atoms in total. The van der Waals surface area contributed by atoms with Gasteiger partial charge in [-0.25, -0.2) is 9.59 Å². The molecule has 0 saturated carbocycles. The van der Waals surface area contributed by atoms with Gasteiger partial charge in [0.1, 0.15) is 17.9 Å². The van der Waals surface area contributed by atoms with Crippen molar-refractivity contribution in [3.05, 3.63) is 105 Å². The Morgan fingerprint density at radius 2 is 1.67 bits per heavy atom. The Bertz CT molecular complexity index is 1590. The molecule has 0 amide bonds. The third-order valence-corrected chi connectivity index (χ3v) is 5.48. The number of aryl methyl sites for hydroxylation is 1. The molecule has 2 heterocycles. The monoisotopic (exact) mass is 440 g/mol. The normalized spacial score (nSPS) is 11.1. The van der Waals surface area contributed by atoms with Crippen LogP contribution in [0, 0.1) is 6.92 Å². The molecule has 33 heavy (non-hydrogen) atoms. The number of benzene rings is 3. The first kappa shape index (κ1) is 20.6. The van der Waals surface area contributed by atoms with Crippen molar-refractivity contribution in [2.45, 2.75) is 13.5 Å². The summed E-state index contributed by atoms with van der Waals surface area (Å²) in [5, 5.41) is 1.29. The molecule has 0 spiro atoms. The Balaban J connectivity index is 1.56. The van der Waals surface area contributed by atoms with Gasteiger partial charge in [0.05, 0.1) is 12.7 Å². The van der Waals surface area contributed by atoms with Crippen LogP contribution in [0.1, 0.15) is 11.1 Å². The summed E-state index contributed by atoms with van der Waals surface area (Å²) in [6.07, 6.45) is 0. The number of hydrogen-bond acceptors (Lipinski definition) is 6. The summed E-state index contributed by atoms with van der Waals surface area (Å²) in [6, 6.07) is 21.6. The summed E-state index contributed by atoms with van der Waals surface area (Å²) >= 11 is 0. The van der Waals surface area contributed by atoms with Crippen LogP contribution >= 0.6 is 0 Å². The van der Waals surface area contributed by atoms with E-state index in [1.54, 1.807) is 36.4 Å². The van der Waals surface area contributed by atoms with E-state index < -0.39 is 11.3 Å². The van der Waals surface area contributed by atoms with Gasteiger partial charge in [0.15, 0.2) is 11.3 Å². The lowest BCUT2D eigenvalue weighted by Crippen LogP contribution is -2.07. The maximum absolute atomic E-state index is 12.8. The van der Waals surface area contributed by atoms with Gasteiger partial charge >= 0.3 is 11.3 Å². The quantitative estimate of drug-likeness (QED) is 0.338. The molecule has 0 N–H and O–H groups in total. The molecule has 0 aliphatic carbocycles. The highest BCUT2D eigenvalue weighted by atomic mass is 16.5. The minimum atomic E-state index is -0.571. The molecule has 6 heteroatoms. The Hall–Kier alpha value is -4.32. The SMILES string of the molecule is COc1cccc2cc(-c3cc(=O)oc4cc(OCc5ccc(C)cc5)ccc34)c(=O)oc12. The van der Waals surface area contributed by atoms with E-state index in [2.05, 4.69) is 0 Å². The highest BCUT2D eigenvalue weighted by molar-refractivity contribution is 5.96.